The van der Waals surface area contributed by atoms with Gasteiger partial charge in [-0.05, 0) is 25.2 Å². The van der Waals surface area contributed by atoms with Gasteiger partial charge < -0.3 is 4.79 Å². The van der Waals surface area contributed by atoms with Gasteiger partial charge in [0, 0.05) is 6.42 Å². The van der Waals surface area contributed by atoms with E-state index in [0.717, 1.165) is 18.6 Å². The zero-order chi connectivity index (χ0) is 16.3. The quantitative estimate of drug-likeness (QED) is 0.157. The van der Waals surface area contributed by atoms with Gasteiger partial charge in [-0.1, -0.05) is 96.6 Å². The Bertz CT molecular complexity index is 242. The first-order valence-electron chi connectivity index (χ1n) is 9.86. The van der Waals surface area contributed by atoms with Crippen molar-refractivity contribution >= 4 is 6.29 Å². The van der Waals surface area contributed by atoms with E-state index in [2.05, 4.69) is 26.0 Å². The number of hydrogen-bond donors (Lipinski definition) is 0. The van der Waals surface area contributed by atoms with E-state index in [0.29, 0.717) is 6.42 Å². The molecule has 0 aliphatic heterocycles. The van der Waals surface area contributed by atoms with Gasteiger partial charge in [-0.15, -0.1) is 0 Å². The summed E-state index contributed by atoms with van der Waals surface area (Å²) in [5.41, 5.74) is 0. The molecule has 0 unspecified atom stereocenters. The van der Waals surface area contributed by atoms with Crippen LogP contribution in [0.5, 0.6) is 0 Å². The maximum absolute atomic E-state index is 10.1. The highest BCUT2D eigenvalue weighted by Gasteiger charge is 1.95. The Labute approximate surface area is 140 Å². The summed E-state index contributed by atoms with van der Waals surface area (Å²) in [6.45, 7) is 4.65. The molecule has 0 saturated heterocycles. The minimum Gasteiger partial charge on any atom is -0.303 e. The van der Waals surface area contributed by atoms with E-state index in [4.69, 9.17) is 0 Å². The van der Waals surface area contributed by atoms with Gasteiger partial charge in [0.05, 0.1) is 0 Å². The fraction of sp³-hybridized carbons (Fsp3) is 0.857. The number of rotatable bonds is 17. The number of unbranched alkanes of at least 4 members (excludes halogenated alkanes) is 12. The number of carbonyl (C=O) groups excluding carboxylic acids is 1. The van der Waals surface area contributed by atoms with E-state index in [-0.39, 0.29) is 0 Å². The van der Waals surface area contributed by atoms with Crippen molar-refractivity contribution in [1.29, 1.82) is 0 Å². The standard InChI is InChI=1S/C21H40O/c1-21(2)19-17-15-13-11-9-7-5-3-4-6-8-10-12-14-16-18-20-22/h12,14,20-21H,3-11,13,15-19H2,1-2H3/b14-12-. The van der Waals surface area contributed by atoms with Crippen LogP contribution in [0.3, 0.4) is 0 Å². The third-order valence-corrected chi connectivity index (χ3v) is 4.27. The highest BCUT2D eigenvalue weighted by molar-refractivity contribution is 5.49. The number of allylic oxidation sites excluding steroid dienone is 2. The molecular weight excluding hydrogens is 268 g/mol. The van der Waals surface area contributed by atoms with Crippen LogP contribution >= 0.6 is 0 Å². The van der Waals surface area contributed by atoms with Crippen molar-refractivity contribution in [2.45, 2.75) is 110 Å². The zero-order valence-electron chi connectivity index (χ0n) is 15.3. The van der Waals surface area contributed by atoms with Crippen LogP contribution in [0.15, 0.2) is 12.2 Å². The smallest absolute Gasteiger partial charge is 0.120 e. The van der Waals surface area contributed by atoms with Crippen LogP contribution < -0.4 is 0 Å². The van der Waals surface area contributed by atoms with Crippen LogP contribution in [-0.4, -0.2) is 6.29 Å². The van der Waals surface area contributed by atoms with Crippen LogP contribution in [0, 0.1) is 5.92 Å². The molecule has 1 nitrogen and oxygen atoms in total. The molecule has 0 N–H and O–H groups in total. The number of aldehydes is 1. The molecule has 0 rings (SSSR count). The van der Waals surface area contributed by atoms with Crippen molar-refractivity contribution < 1.29 is 4.79 Å². The minimum atomic E-state index is 0.675. The van der Waals surface area contributed by atoms with Crippen LogP contribution in [0.25, 0.3) is 0 Å². The zero-order valence-corrected chi connectivity index (χ0v) is 15.3. The molecule has 0 saturated carbocycles. The second-order valence-electron chi connectivity index (χ2n) is 7.08. The van der Waals surface area contributed by atoms with Crippen molar-refractivity contribution in [1.82, 2.24) is 0 Å². The largest absolute Gasteiger partial charge is 0.303 e. The molecule has 0 amide bonds. The Morgan fingerprint density at radius 2 is 1.05 bits per heavy atom. The average Bonchev–Trinajstić information content (AvgIpc) is 2.50. The van der Waals surface area contributed by atoms with Crippen molar-refractivity contribution in [2.75, 3.05) is 0 Å². The van der Waals surface area contributed by atoms with E-state index in [1.807, 2.05) is 0 Å². The monoisotopic (exact) mass is 308 g/mol. The summed E-state index contributed by atoms with van der Waals surface area (Å²) >= 11 is 0. The van der Waals surface area contributed by atoms with Crippen molar-refractivity contribution in [3.63, 3.8) is 0 Å². The minimum absolute atomic E-state index is 0.675. The Balaban J connectivity index is 3.02. The summed E-state index contributed by atoms with van der Waals surface area (Å²) in [4.78, 5) is 10.1. The third kappa shape index (κ3) is 19.4. The lowest BCUT2D eigenvalue weighted by atomic mass is 10.0. The van der Waals surface area contributed by atoms with Gasteiger partial charge in [0.25, 0.3) is 0 Å². The van der Waals surface area contributed by atoms with Gasteiger partial charge >= 0.3 is 0 Å². The Kier molecular flexibility index (Phi) is 18.0. The van der Waals surface area contributed by atoms with Gasteiger partial charge in [-0.25, -0.2) is 0 Å². The molecule has 0 heterocycles. The first-order chi connectivity index (χ1) is 10.8. The molecule has 0 aromatic carbocycles. The average molecular weight is 309 g/mol. The molecule has 0 atom stereocenters. The van der Waals surface area contributed by atoms with Gasteiger partial charge in [0.1, 0.15) is 6.29 Å². The summed E-state index contributed by atoms with van der Waals surface area (Å²) in [5, 5.41) is 0. The molecule has 0 spiro atoms. The summed E-state index contributed by atoms with van der Waals surface area (Å²) in [6.07, 6.45) is 25.2. The fourth-order valence-corrected chi connectivity index (χ4v) is 2.81. The van der Waals surface area contributed by atoms with Crippen molar-refractivity contribution in [3.05, 3.63) is 12.2 Å². The second-order valence-corrected chi connectivity index (χ2v) is 7.08. The summed E-state index contributed by atoms with van der Waals surface area (Å²) in [7, 11) is 0. The van der Waals surface area contributed by atoms with Crippen LogP contribution in [0.1, 0.15) is 110 Å². The Hall–Kier alpha value is -0.590. The first-order valence-corrected chi connectivity index (χ1v) is 9.86. The molecule has 0 bridgehead atoms. The molecular formula is C21H40O. The van der Waals surface area contributed by atoms with E-state index >= 15 is 0 Å². The molecule has 0 fully saturated rings. The lowest BCUT2D eigenvalue weighted by molar-refractivity contribution is -0.107. The van der Waals surface area contributed by atoms with Gasteiger partial charge in [0.15, 0.2) is 0 Å². The molecule has 0 aromatic rings. The van der Waals surface area contributed by atoms with Crippen LogP contribution in [0.2, 0.25) is 0 Å². The van der Waals surface area contributed by atoms with Crippen molar-refractivity contribution in [3.8, 4) is 0 Å². The fourth-order valence-electron chi connectivity index (χ4n) is 2.81. The summed E-state index contributed by atoms with van der Waals surface area (Å²) in [6, 6.07) is 0. The third-order valence-electron chi connectivity index (χ3n) is 4.27. The van der Waals surface area contributed by atoms with E-state index in [1.54, 1.807) is 0 Å². The molecule has 0 aliphatic rings. The molecule has 0 radical (unpaired) electrons. The molecule has 0 aliphatic carbocycles. The van der Waals surface area contributed by atoms with Crippen molar-refractivity contribution in [2.24, 2.45) is 5.92 Å². The lowest BCUT2D eigenvalue weighted by Crippen LogP contribution is -1.87. The predicted octanol–water partition coefficient (Wildman–Crippen LogP) is 7.25. The Morgan fingerprint density at radius 1 is 0.591 bits per heavy atom. The summed E-state index contributed by atoms with van der Waals surface area (Å²) < 4.78 is 0. The lowest BCUT2D eigenvalue weighted by Gasteiger charge is -2.04. The molecule has 130 valence electrons. The van der Waals surface area contributed by atoms with E-state index in [9.17, 15) is 4.79 Å². The first kappa shape index (κ1) is 21.4. The van der Waals surface area contributed by atoms with E-state index < -0.39 is 0 Å². The topological polar surface area (TPSA) is 17.1 Å². The number of carbonyl (C=O) groups is 1. The SMILES string of the molecule is CC(C)CCCCCCCCCCCCC/C=C\CCC=O. The number of hydrogen-bond acceptors (Lipinski definition) is 1. The van der Waals surface area contributed by atoms with Gasteiger partial charge in [-0.3, -0.25) is 0 Å². The molecule has 0 aromatic heterocycles. The van der Waals surface area contributed by atoms with Crippen LogP contribution in [-0.2, 0) is 4.79 Å². The van der Waals surface area contributed by atoms with Gasteiger partial charge in [-0.2, -0.15) is 0 Å². The highest BCUT2D eigenvalue weighted by atomic mass is 16.1. The van der Waals surface area contributed by atoms with Gasteiger partial charge in [0.2, 0.25) is 0 Å². The van der Waals surface area contributed by atoms with Crippen LogP contribution in [0.4, 0.5) is 0 Å². The summed E-state index contributed by atoms with van der Waals surface area (Å²) in [5.74, 6) is 0.881. The molecule has 1 heteroatoms. The molecule has 22 heavy (non-hydrogen) atoms. The maximum atomic E-state index is 10.1. The predicted molar refractivity (Wildman–Crippen MR) is 99.3 cm³/mol. The second kappa shape index (κ2) is 18.5. The Morgan fingerprint density at radius 3 is 1.55 bits per heavy atom. The van der Waals surface area contributed by atoms with E-state index in [1.165, 1.54) is 83.5 Å². The normalized spacial score (nSPS) is 11.6. The maximum Gasteiger partial charge on any atom is 0.120 e. The highest BCUT2D eigenvalue weighted by Crippen LogP contribution is 2.14.